The molecule has 1 aliphatic carbocycles. The van der Waals surface area contributed by atoms with Crippen LogP contribution in [-0.4, -0.2) is 28.3 Å². The second-order valence-electron chi connectivity index (χ2n) is 8.19. The topological polar surface area (TPSA) is 99.0 Å². The zero-order valence-electron chi connectivity index (χ0n) is 16.9. The molecule has 0 unspecified atom stereocenters. The lowest BCUT2D eigenvalue weighted by Crippen LogP contribution is -2.35. The highest BCUT2D eigenvalue weighted by Crippen LogP contribution is 2.51. The molecule has 2 heterocycles. The number of amides is 2. The van der Waals surface area contributed by atoms with Gasteiger partial charge in [-0.2, -0.15) is 5.26 Å². The van der Waals surface area contributed by atoms with E-state index in [4.69, 9.17) is 0 Å². The number of benzene rings is 2. The molecule has 1 saturated carbocycles. The summed E-state index contributed by atoms with van der Waals surface area (Å²) in [5.74, 6) is 0.515. The number of nitrogens with zero attached hydrogens (tertiary/aromatic N) is 4. The van der Waals surface area contributed by atoms with E-state index in [0.717, 1.165) is 29.2 Å². The van der Waals surface area contributed by atoms with Crippen LogP contribution in [0, 0.1) is 22.7 Å². The van der Waals surface area contributed by atoms with Gasteiger partial charge in [0.15, 0.2) is 0 Å². The van der Waals surface area contributed by atoms with E-state index in [1.807, 2.05) is 42.5 Å². The second-order valence-corrected chi connectivity index (χ2v) is 8.19. The standard InChI is InChI=1S/C24H21N5O2/c25-14-24(18-8-9-18)10-11-29(23(24)31)21-13-20(26-15-27-21)28-22(30)12-17-6-3-5-16-4-1-2-7-19(16)17/h1-7,13,15,18H,8-12H2,(H,26,27,28,30)/t24-/m1/s1. The second kappa shape index (κ2) is 7.47. The minimum absolute atomic E-state index is 0.150. The number of rotatable bonds is 5. The highest BCUT2D eigenvalue weighted by atomic mass is 16.2. The Balaban J connectivity index is 1.32. The number of aromatic nitrogens is 2. The largest absolute Gasteiger partial charge is 0.310 e. The van der Waals surface area contributed by atoms with E-state index >= 15 is 0 Å². The normalized spacial score (nSPS) is 20.6. The maximum atomic E-state index is 13.0. The summed E-state index contributed by atoms with van der Waals surface area (Å²) < 4.78 is 0. The van der Waals surface area contributed by atoms with Crippen molar-refractivity contribution in [2.75, 3.05) is 16.8 Å². The van der Waals surface area contributed by atoms with Crippen molar-refractivity contribution in [3.63, 3.8) is 0 Å². The molecule has 1 atom stereocenters. The number of fused-ring (bicyclic) bond motifs is 1. The Kier molecular flexibility index (Phi) is 4.63. The predicted molar refractivity (Wildman–Crippen MR) is 116 cm³/mol. The summed E-state index contributed by atoms with van der Waals surface area (Å²) in [6.07, 6.45) is 3.90. The van der Waals surface area contributed by atoms with Crippen molar-refractivity contribution >= 4 is 34.2 Å². The number of carbonyl (C=O) groups is 2. The summed E-state index contributed by atoms with van der Waals surface area (Å²) in [6.45, 7) is 0.448. The van der Waals surface area contributed by atoms with Crippen molar-refractivity contribution in [2.24, 2.45) is 11.3 Å². The van der Waals surface area contributed by atoms with E-state index < -0.39 is 5.41 Å². The first kappa shape index (κ1) is 19.2. The summed E-state index contributed by atoms with van der Waals surface area (Å²) in [6, 6.07) is 17.7. The maximum absolute atomic E-state index is 13.0. The third-order valence-corrected chi connectivity index (χ3v) is 6.26. The lowest BCUT2D eigenvalue weighted by molar-refractivity contribution is -0.123. The van der Waals surface area contributed by atoms with Crippen LogP contribution in [0.5, 0.6) is 0 Å². The average molecular weight is 411 g/mol. The summed E-state index contributed by atoms with van der Waals surface area (Å²) in [4.78, 5) is 35.6. The van der Waals surface area contributed by atoms with Crippen LogP contribution in [0.1, 0.15) is 24.8 Å². The Morgan fingerprint density at radius 2 is 2.00 bits per heavy atom. The quantitative estimate of drug-likeness (QED) is 0.693. The molecule has 0 spiro atoms. The van der Waals surface area contributed by atoms with E-state index in [0.29, 0.717) is 24.6 Å². The lowest BCUT2D eigenvalue weighted by Gasteiger charge is -2.20. The van der Waals surface area contributed by atoms with Crippen molar-refractivity contribution in [1.29, 1.82) is 5.26 Å². The molecule has 1 aliphatic heterocycles. The predicted octanol–water partition coefficient (Wildman–Crippen LogP) is 3.47. The van der Waals surface area contributed by atoms with Crippen LogP contribution in [0.2, 0.25) is 0 Å². The van der Waals surface area contributed by atoms with Crippen LogP contribution in [0.25, 0.3) is 10.8 Å². The van der Waals surface area contributed by atoms with Gasteiger partial charge in [0.2, 0.25) is 11.8 Å². The van der Waals surface area contributed by atoms with Crippen molar-refractivity contribution in [3.05, 3.63) is 60.4 Å². The third-order valence-electron chi connectivity index (χ3n) is 6.26. The molecule has 2 aliphatic rings. The molecule has 1 aromatic heterocycles. The molecule has 2 fully saturated rings. The van der Waals surface area contributed by atoms with Crippen molar-refractivity contribution in [1.82, 2.24) is 9.97 Å². The average Bonchev–Trinajstić information content (AvgIpc) is 3.58. The van der Waals surface area contributed by atoms with E-state index in [9.17, 15) is 14.9 Å². The van der Waals surface area contributed by atoms with Gasteiger partial charge in [-0.05, 0) is 41.5 Å². The van der Waals surface area contributed by atoms with Crippen LogP contribution < -0.4 is 10.2 Å². The fourth-order valence-electron chi connectivity index (χ4n) is 4.48. The molecule has 0 radical (unpaired) electrons. The van der Waals surface area contributed by atoms with Crippen molar-refractivity contribution < 1.29 is 9.59 Å². The van der Waals surface area contributed by atoms with Gasteiger partial charge in [-0.15, -0.1) is 0 Å². The van der Waals surface area contributed by atoms with Gasteiger partial charge >= 0.3 is 0 Å². The summed E-state index contributed by atoms with van der Waals surface area (Å²) in [5, 5.41) is 14.6. The van der Waals surface area contributed by atoms with Gasteiger partial charge in [-0.3, -0.25) is 14.5 Å². The molecule has 0 bridgehead atoms. The minimum atomic E-state index is -0.928. The first-order valence-corrected chi connectivity index (χ1v) is 10.4. The molecule has 154 valence electrons. The van der Waals surface area contributed by atoms with E-state index in [-0.39, 0.29) is 24.2 Å². The number of nitriles is 1. The van der Waals surface area contributed by atoms with E-state index in [1.54, 1.807) is 11.0 Å². The first-order valence-electron chi connectivity index (χ1n) is 10.4. The van der Waals surface area contributed by atoms with E-state index in [2.05, 4.69) is 21.4 Å². The molecule has 2 amide bonds. The molecule has 3 aromatic rings. The molecular weight excluding hydrogens is 390 g/mol. The maximum Gasteiger partial charge on any atom is 0.248 e. The summed E-state index contributed by atoms with van der Waals surface area (Å²) in [7, 11) is 0. The van der Waals surface area contributed by atoms with Crippen LogP contribution in [-0.2, 0) is 16.0 Å². The van der Waals surface area contributed by atoms with Crippen LogP contribution >= 0.6 is 0 Å². The van der Waals surface area contributed by atoms with Gasteiger partial charge in [0.1, 0.15) is 23.4 Å². The fraction of sp³-hybridized carbons (Fsp3) is 0.292. The van der Waals surface area contributed by atoms with Crippen molar-refractivity contribution in [3.8, 4) is 6.07 Å². The zero-order valence-corrected chi connectivity index (χ0v) is 16.9. The van der Waals surface area contributed by atoms with Crippen molar-refractivity contribution in [2.45, 2.75) is 25.7 Å². The molecule has 7 nitrogen and oxygen atoms in total. The monoisotopic (exact) mass is 411 g/mol. The molecule has 2 aromatic carbocycles. The van der Waals surface area contributed by atoms with Crippen LogP contribution in [0.3, 0.4) is 0 Å². The van der Waals surface area contributed by atoms with Gasteiger partial charge in [-0.1, -0.05) is 42.5 Å². The number of carbonyl (C=O) groups excluding carboxylic acids is 2. The molecule has 7 heteroatoms. The molecule has 1 N–H and O–H groups in total. The smallest absolute Gasteiger partial charge is 0.248 e. The molecule has 31 heavy (non-hydrogen) atoms. The zero-order chi connectivity index (χ0) is 21.4. The van der Waals surface area contributed by atoms with Crippen LogP contribution in [0.4, 0.5) is 11.6 Å². The summed E-state index contributed by atoms with van der Waals surface area (Å²) in [5.41, 5.74) is 0.00533. The van der Waals surface area contributed by atoms with Gasteiger partial charge in [-0.25, -0.2) is 9.97 Å². The van der Waals surface area contributed by atoms with Gasteiger partial charge in [0, 0.05) is 12.6 Å². The molecular formula is C24H21N5O2. The molecule has 1 saturated heterocycles. The highest BCUT2D eigenvalue weighted by Gasteiger charge is 2.57. The summed E-state index contributed by atoms with van der Waals surface area (Å²) >= 11 is 0. The van der Waals surface area contributed by atoms with Crippen LogP contribution in [0.15, 0.2) is 54.9 Å². The third kappa shape index (κ3) is 3.40. The van der Waals surface area contributed by atoms with E-state index in [1.165, 1.54) is 6.33 Å². The highest BCUT2D eigenvalue weighted by molar-refractivity contribution is 6.02. The Morgan fingerprint density at radius 3 is 2.81 bits per heavy atom. The first-order chi connectivity index (χ1) is 15.1. The van der Waals surface area contributed by atoms with Gasteiger partial charge in [0.05, 0.1) is 12.5 Å². The van der Waals surface area contributed by atoms with Gasteiger partial charge < -0.3 is 5.32 Å². The minimum Gasteiger partial charge on any atom is -0.310 e. The fourth-order valence-corrected chi connectivity index (χ4v) is 4.48. The number of hydrogen-bond donors (Lipinski definition) is 1. The lowest BCUT2D eigenvalue weighted by atomic mass is 9.83. The Bertz CT molecular complexity index is 1220. The number of hydrogen-bond acceptors (Lipinski definition) is 5. The number of anilines is 2. The Labute approximate surface area is 179 Å². The van der Waals surface area contributed by atoms with Gasteiger partial charge in [0.25, 0.3) is 0 Å². The molecule has 5 rings (SSSR count). The Hall–Kier alpha value is -3.79. The SMILES string of the molecule is N#C[C@@]1(C2CC2)CCN(c2cc(NC(=O)Cc3cccc4ccccc34)ncn2)C1=O. The number of nitrogens with one attached hydrogen (secondary N) is 1. The Morgan fingerprint density at radius 1 is 1.19 bits per heavy atom.